The van der Waals surface area contributed by atoms with E-state index in [4.69, 9.17) is 14.2 Å². The van der Waals surface area contributed by atoms with Gasteiger partial charge in [-0.1, -0.05) is 13.3 Å². The summed E-state index contributed by atoms with van der Waals surface area (Å²) < 4.78 is 15.5. The van der Waals surface area contributed by atoms with Gasteiger partial charge in [-0.25, -0.2) is 0 Å². The molecule has 0 saturated heterocycles. The molecule has 0 spiro atoms. The molecule has 1 aromatic rings. The van der Waals surface area contributed by atoms with Gasteiger partial charge < -0.3 is 19.5 Å². The van der Waals surface area contributed by atoms with E-state index in [1.54, 1.807) is 20.3 Å². The molecule has 1 heterocycles. The van der Waals surface area contributed by atoms with Crippen molar-refractivity contribution in [2.45, 2.75) is 19.8 Å². The lowest BCUT2D eigenvalue weighted by atomic mass is 10.4. The zero-order valence-electron chi connectivity index (χ0n) is 11.2. The first-order chi connectivity index (χ1) is 8.80. The number of aromatic nitrogens is 2. The van der Waals surface area contributed by atoms with E-state index < -0.39 is 0 Å². The highest BCUT2D eigenvalue weighted by Gasteiger charge is 2.04. The van der Waals surface area contributed by atoms with Gasteiger partial charge in [-0.2, -0.15) is 9.97 Å². The fourth-order valence-electron chi connectivity index (χ4n) is 1.28. The number of unbranched alkanes of at least 4 members (excludes halogenated alkanes) is 1. The highest BCUT2D eigenvalue weighted by molar-refractivity contribution is 5.33. The highest BCUT2D eigenvalue weighted by Crippen LogP contribution is 2.16. The fourth-order valence-corrected chi connectivity index (χ4v) is 1.28. The Morgan fingerprint density at radius 1 is 1.11 bits per heavy atom. The summed E-state index contributed by atoms with van der Waals surface area (Å²) in [6, 6.07) is 1.63. The normalized spacial score (nSPS) is 10.2. The Kier molecular flexibility index (Phi) is 6.86. The van der Waals surface area contributed by atoms with Gasteiger partial charge in [0.15, 0.2) is 0 Å². The second-order valence-electron chi connectivity index (χ2n) is 3.67. The Balaban J connectivity index is 2.36. The molecule has 1 N–H and O–H groups in total. The second kappa shape index (κ2) is 8.52. The summed E-state index contributed by atoms with van der Waals surface area (Å²) >= 11 is 0. The second-order valence-corrected chi connectivity index (χ2v) is 3.67. The van der Waals surface area contributed by atoms with Crippen molar-refractivity contribution >= 4 is 5.95 Å². The lowest BCUT2D eigenvalue weighted by Crippen LogP contribution is -2.12. The summed E-state index contributed by atoms with van der Waals surface area (Å²) in [6.07, 6.45) is 2.23. The van der Waals surface area contributed by atoms with Gasteiger partial charge in [-0.3, -0.25) is 0 Å². The van der Waals surface area contributed by atoms with Crippen molar-refractivity contribution in [2.75, 3.05) is 39.3 Å². The maximum absolute atomic E-state index is 5.43. The van der Waals surface area contributed by atoms with Gasteiger partial charge in [0.2, 0.25) is 17.7 Å². The molecule has 0 aliphatic heterocycles. The Bertz CT molecular complexity index is 325. The number of ether oxygens (including phenoxy) is 3. The molecule has 6 heteroatoms. The van der Waals surface area contributed by atoms with Crippen LogP contribution in [-0.2, 0) is 4.74 Å². The summed E-state index contributed by atoms with van der Waals surface area (Å²) in [7, 11) is 3.11. The van der Waals surface area contributed by atoms with Crippen LogP contribution in [0, 0.1) is 0 Å². The minimum atomic E-state index is 0.469. The number of nitrogens with zero attached hydrogens (tertiary/aromatic N) is 2. The molecule has 1 rings (SSSR count). The molecule has 6 nitrogen and oxygen atoms in total. The van der Waals surface area contributed by atoms with Crippen LogP contribution < -0.4 is 14.8 Å². The van der Waals surface area contributed by atoms with Gasteiger partial charge in [-0.15, -0.1) is 0 Å². The minimum Gasteiger partial charge on any atom is -0.481 e. The zero-order valence-corrected chi connectivity index (χ0v) is 11.2. The largest absolute Gasteiger partial charge is 0.481 e. The monoisotopic (exact) mass is 255 g/mol. The maximum atomic E-state index is 5.43. The van der Waals surface area contributed by atoms with Gasteiger partial charge in [0, 0.05) is 13.2 Å². The van der Waals surface area contributed by atoms with Crippen molar-refractivity contribution < 1.29 is 14.2 Å². The molecular formula is C12H21N3O3. The van der Waals surface area contributed by atoms with Crippen LogP contribution in [0.25, 0.3) is 0 Å². The average Bonchev–Trinajstić information content (AvgIpc) is 2.42. The molecule has 0 radical (unpaired) electrons. The number of anilines is 1. The number of nitrogens with one attached hydrogen (secondary N) is 1. The molecule has 18 heavy (non-hydrogen) atoms. The third kappa shape index (κ3) is 5.18. The van der Waals surface area contributed by atoms with Crippen LogP contribution in [0.3, 0.4) is 0 Å². The van der Waals surface area contributed by atoms with Crippen molar-refractivity contribution in [1.82, 2.24) is 9.97 Å². The quantitative estimate of drug-likeness (QED) is 0.678. The third-order valence-corrected chi connectivity index (χ3v) is 2.27. The lowest BCUT2D eigenvalue weighted by Gasteiger charge is -2.08. The van der Waals surface area contributed by atoms with Crippen LogP contribution in [0.5, 0.6) is 11.8 Å². The van der Waals surface area contributed by atoms with E-state index in [-0.39, 0.29) is 0 Å². The molecule has 0 amide bonds. The average molecular weight is 255 g/mol. The Morgan fingerprint density at radius 2 is 1.78 bits per heavy atom. The molecule has 0 unspecified atom stereocenters. The van der Waals surface area contributed by atoms with Crippen molar-refractivity contribution in [1.29, 1.82) is 0 Å². The van der Waals surface area contributed by atoms with Gasteiger partial charge in [-0.05, 0) is 6.42 Å². The van der Waals surface area contributed by atoms with Crippen molar-refractivity contribution in [3.63, 3.8) is 0 Å². The molecule has 0 saturated carbocycles. The topological polar surface area (TPSA) is 65.5 Å². The zero-order chi connectivity index (χ0) is 13.2. The van der Waals surface area contributed by atoms with Crippen molar-refractivity contribution in [2.24, 2.45) is 0 Å². The lowest BCUT2D eigenvalue weighted by molar-refractivity contribution is 0.141. The third-order valence-electron chi connectivity index (χ3n) is 2.27. The number of methoxy groups -OCH3 is 2. The van der Waals surface area contributed by atoms with Crippen molar-refractivity contribution in [3.8, 4) is 11.8 Å². The Labute approximate surface area is 108 Å². The smallest absolute Gasteiger partial charge is 0.229 e. The van der Waals surface area contributed by atoms with E-state index in [2.05, 4.69) is 22.2 Å². The number of hydrogen-bond acceptors (Lipinski definition) is 6. The standard InChI is InChI=1S/C12H21N3O3/c1-4-5-7-18-8-6-13-12-14-10(16-2)9-11(15-12)17-3/h9H,4-8H2,1-3H3,(H,13,14,15). The highest BCUT2D eigenvalue weighted by atomic mass is 16.5. The Hall–Kier alpha value is -1.56. The van der Waals surface area contributed by atoms with E-state index >= 15 is 0 Å². The number of rotatable bonds is 9. The Morgan fingerprint density at radius 3 is 2.33 bits per heavy atom. The van der Waals surface area contributed by atoms with Crippen LogP contribution in [0.2, 0.25) is 0 Å². The van der Waals surface area contributed by atoms with Crippen LogP contribution in [0.1, 0.15) is 19.8 Å². The predicted octanol–water partition coefficient (Wildman–Crippen LogP) is 1.72. The van der Waals surface area contributed by atoms with Gasteiger partial charge >= 0.3 is 0 Å². The van der Waals surface area contributed by atoms with Gasteiger partial charge in [0.1, 0.15) is 0 Å². The number of hydrogen-bond donors (Lipinski definition) is 1. The van der Waals surface area contributed by atoms with Gasteiger partial charge in [0.25, 0.3) is 0 Å². The summed E-state index contributed by atoms with van der Waals surface area (Å²) in [5, 5.41) is 3.06. The van der Waals surface area contributed by atoms with Crippen LogP contribution in [-0.4, -0.2) is 43.9 Å². The van der Waals surface area contributed by atoms with Crippen LogP contribution in [0.15, 0.2) is 6.07 Å². The van der Waals surface area contributed by atoms with Crippen LogP contribution >= 0.6 is 0 Å². The van der Waals surface area contributed by atoms with E-state index in [0.717, 1.165) is 19.4 Å². The first kappa shape index (κ1) is 14.5. The molecule has 0 fully saturated rings. The first-order valence-corrected chi connectivity index (χ1v) is 6.08. The van der Waals surface area contributed by atoms with E-state index in [9.17, 15) is 0 Å². The molecule has 102 valence electrons. The van der Waals surface area contributed by atoms with E-state index in [1.807, 2.05) is 0 Å². The molecule has 1 aromatic heterocycles. The maximum Gasteiger partial charge on any atom is 0.229 e. The van der Waals surface area contributed by atoms with Crippen LogP contribution in [0.4, 0.5) is 5.95 Å². The summed E-state index contributed by atoms with van der Waals surface area (Å²) in [6.45, 7) is 4.21. The molecule has 0 aliphatic rings. The summed E-state index contributed by atoms with van der Waals surface area (Å²) in [4.78, 5) is 8.31. The van der Waals surface area contributed by atoms with E-state index in [1.165, 1.54) is 0 Å². The predicted molar refractivity (Wildman–Crippen MR) is 69.4 cm³/mol. The van der Waals surface area contributed by atoms with E-state index in [0.29, 0.717) is 30.9 Å². The molecule has 0 aromatic carbocycles. The molecule has 0 bridgehead atoms. The van der Waals surface area contributed by atoms with Crippen molar-refractivity contribution in [3.05, 3.63) is 6.07 Å². The van der Waals surface area contributed by atoms with Gasteiger partial charge in [0.05, 0.1) is 26.9 Å². The first-order valence-electron chi connectivity index (χ1n) is 6.08. The molecular weight excluding hydrogens is 234 g/mol. The fraction of sp³-hybridized carbons (Fsp3) is 0.667. The SMILES string of the molecule is CCCCOCCNc1nc(OC)cc(OC)n1. The summed E-state index contributed by atoms with van der Waals surface area (Å²) in [5.41, 5.74) is 0. The summed E-state index contributed by atoms with van der Waals surface area (Å²) in [5.74, 6) is 1.41. The minimum absolute atomic E-state index is 0.469. The molecule has 0 atom stereocenters. The molecule has 0 aliphatic carbocycles.